The third-order valence-electron chi connectivity index (χ3n) is 2.55. The SMILES string of the molecule is CNC(CO)c1cc(Br)c2c(c1)OCCO2. The van der Waals surface area contributed by atoms with Crippen molar-refractivity contribution in [1.82, 2.24) is 5.32 Å². The molecule has 1 aliphatic rings. The molecule has 2 N–H and O–H groups in total. The zero-order chi connectivity index (χ0) is 11.5. The summed E-state index contributed by atoms with van der Waals surface area (Å²) in [5.41, 5.74) is 0.973. The van der Waals surface area contributed by atoms with Crippen molar-refractivity contribution >= 4 is 15.9 Å². The molecule has 0 fully saturated rings. The van der Waals surface area contributed by atoms with Gasteiger partial charge in [-0.3, -0.25) is 0 Å². The third-order valence-corrected chi connectivity index (χ3v) is 3.14. The maximum atomic E-state index is 9.22. The smallest absolute Gasteiger partial charge is 0.175 e. The lowest BCUT2D eigenvalue weighted by atomic mass is 10.1. The van der Waals surface area contributed by atoms with Crippen molar-refractivity contribution in [3.8, 4) is 11.5 Å². The van der Waals surface area contributed by atoms with Crippen molar-refractivity contribution < 1.29 is 14.6 Å². The van der Waals surface area contributed by atoms with E-state index in [4.69, 9.17) is 9.47 Å². The number of ether oxygens (including phenoxy) is 2. The van der Waals surface area contributed by atoms with E-state index in [2.05, 4.69) is 21.2 Å². The highest BCUT2D eigenvalue weighted by Crippen LogP contribution is 2.39. The van der Waals surface area contributed by atoms with Crippen LogP contribution < -0.4 is 14.8 Å². The number of hydrogen-bond donors (Lipinski definition) is 2. The van der Waals surface area contributed by atoms with E-state index in [9.17, 15) is 5.11 Å². The third kappa shape index (κ3) is 2.16. The van der Waals surface area contributed by atoms with Crippen LogP contribution in [0.5, 0.6) is 11.5 Å². The van der Waals surface area contributed by atoms with Crippen LogP contribution in [0.1, 0.15) is 11.6 Å². The molecule has 0 saturated heterocycles. The quantitative estimate of drug-likeness (QED) is 0.884. The van der Waals surface area contributed by atoms with Crippen LogP contribution in [-0.2, 0) is 0 Å². The van der Waals surface area contributed by atoms with Gasteiger partial charge in [-0.2, -0.15) is 0 Å². The molecule has 1 heterocycles. The predicted molar refractivity (Wildman–Crippen MR) is 64.0 cm³/mol. The largest absolute Gasteiger partial charge is 0.486 e. The van der Waals surface area contributed by atoms with Gasteiger partial charge >= 0.3 is 0 Å². The molecule has 0 saturated carbocycles. The summed E-state index contributed by atoms with van der Waals surface area (Å²) in [5, 5.41) is 12.3. The first kappa shape index (κ1) is 11.7. The Bertz CT molecular complexity index is 380. The minimum Gasteiger partial charge on any atom is -0.486 e. The first-order valence-corrected chi connectivity index (χ1v) is 5.92. The van der Waals surface area contributed by atoms with E-state index in [0.29, 0.717) is 13.2 Å². The van der Waals surface area contributed by atoms with Crippen molar-refractivity contribution in [1.29, 1.82) is 0 Å². The van der Waals surface area contributed by atoms with Gasteiger partial charge in [-0.15, -0.1) is 0 Å². The monoisotopic (exact) mass is 287 g/mol. The Labute approximate surface area is 103 Å². The standard InChI is InChI=1S/C11H14BrNO3/c1-13-9(6-14)7-4-8(12)11-10(5-7)15-2-3-16-11/h4-5,9,13-14H,2-3,6H2,1H3. The van der Waals surface area contributed by atoms with Gasteiger partial charge in [0.2, 0.25) is 0 Å². The second-order valence-electron chi connectivity index (χ2n) is 3.55. The van der Waals surface area contributed by atoms with Crippen LogP contribution in [-0.4, -0.2) is 32.0 Å². The number of hydrogen-bond acceptors (Lipinski definition) is 4. The van der Waals surface area contributed by atoms with Crippen LogP contribution in [0.3, 0.4) is 0 Å². The number of aliphatic hydroxyl groups is 1. The summed E-state index contributed by atoms with van der Waals surface area (Å²) < 4.78 is 11.9. The minimum atomic E-state index is -0.0906. The minimum absolute atomic E-state index is 0.0442. The number of fused-ring (bicyclic) bond motifs is 1. The van der Waals surface area contributed by atoms with E-state index >= 15 is 0 Å². The summed E-state index contributed by atoms with van der Waals surface area (Å²) in [6.07, 6.45) is 0. The molecule has 0 amide bonds. The molecule has 1 unspecified atom stereocenters. The topological polar surface area (TPSA) is 50.7 Å². The van der Waals surface area contributed by atoms with Crippen LogP contribution in [0.2, 0.25) is 0 Å². The van der Waals surface area contributed by atoms with E-state index in [1.807, 2.05) is 19.2 Å². The summed E-state index contributed by atoms with van der Waals surface area (Å²) >= 11 is 3.45. The van der Waals surface area contributed by atoms with Gasteiger partial charge in [0.15, 0.2) is 11.5 Å². The van der Waals surface area contributed by atoms with Gasteiger partial charge < -0.3 is 19.9 Å². The van der Waals surface area contributed by atoms with E-state index in [1.54, 1.807) is 0 Å². The van der Waals surface area contributed by atoms with Gasteiger partial charge in [0, 0.05) is 0 Å². The number of nitrogens with one attached hydrogen (secondary N) is 1. The summed E-state index contributed by atoms with van der Waals surface area (Å²) in [7, 11) is 1.81. The molecule has 0 spiro atoms. The summed E-state index contributed by atoms with van der Waals surface area (Å²) in [6, 6.07) is 3.74. The number of benzene rings is 1. The highest BCUT2D eigenvalue weighted by Gasteiger charge is 2.19. The first-order valence-electron chi connectivity index (χ1n) is 5.13. The molecule has 5 heteroatoms. The molecule has 1 aliphatic heterocycles. The molecule has 0 aromatic heterocycles. The molecular weight excluding hydrogens is 274 g/mol. The van der Waals surface area contributed by atoms with Crippen molar-refractivity contribution in [2.24, 2.45) is 0 Å². The van der Waals surface area contributed by atoms with Gasteiger partial charge in [0.05, 0.1) is 17.1 Å². The van der Waals surface area contributed by atoms with Gasteiger partial charge in [-0.05, 0) is 40.7 Å². The molecule has 88 valence electrons. The predicted octanol–water partition coefficient (Wildman–Crippen LogP) is 1.47. The molecule has 4 nitrogen and oxygen atoms in total. The summed E-state index contributed by atoms with van der Waals surface area (Å²) in [6.45, 7) is 1.18. The van der Waals surface area contributed by atoms with Gasteiger partial charge in [0.25, 0.3) is 0 Å². The van der Waals surface area contributed by atoms with Crippen molar-refractivity contribution in [2.45, 2.75) is 6.04 Å². The van der Waals surface area contributed by atoms with E-state index in [0.717, 1.165) is 21.5 Å². The molecule has 0 aliphatic carbocycles. The van der Waals surface area contributed by atoms with Crippen molar-refractivity contribution in [3.05, 3.63) is 22.2 Å². The number of aliphatic hydroxyl groups excluding tert-OH is 1. The average molecular weight is 288 g/mol. The Balaban J connectivity index is 2.38. The lowest BCUT2D eigenvalue weighted by molar-refractivity contribution is 0.169. The lowest BCUT2D eigenvalue weighted by Gasteiger charge is -2.22. The second kappa shape index (κ2) is 5.03. The van der Waals surface area contributed by atoms with E-state index in [-0.39, 0.29) is 12.6 Å². The zero-order valence-corrected chi connectivity index (χ0v) is 10.6. The van der Waals surface area contributed by atoms with Crippen LogP contribution in [0.15, 0.2) is 16.6 Å². The van der Waals surface area contributed by atoms with Gasteiger partial charge in [-0.1, -0.05) is 0 Å². The van der Waals surface area contributed by atoms with Crippen LogP contribution in [0, 0.1) is 0 Å². The van der Waals surface area contributed by atoms with E-state index in [1.165, 1.54) is 0 Å². The molecule has 16 heavy (non-hydrogen) atoms. The highest BCUT2D eigenvalue weighted by atomic mass is 79.9. The molecule has 1 atom stereocenters. The Hall–Kier alpha value is -0.780. The molecule has 2 rings (SSSR count). The number of halogens is 1. The van der Waals surface area contributed by atoms with Crippen molar-refractivity contribution in [3.63, 3.8) is 0 Å². The molecule has 0 bridgehead atoms. The fourth-order valence-corrected chi connectivity index (χ4v) is 2.27. The van der Waals surface area contributed by atoms with Gasteiger partial charge in [0.1, 0.15) is 13.2 Å². The molecule has 1 aromatic rings. The van der Waals surface area contributed by atoms with Crippen LogP contribution >= 0.6 is 15.9 Å². The normalized spacial score (nSPS) is 15.9. The summed E-state index contributed by atoms with van der Waals surface area (Å²) in [4.78, 5) is 0. The Kier molecular flexibility index (Phi) is 3.68. The first-order chi connectivity index (χ1) is 7.76. The van der Waals surface area contributed by atoms with Crippen molar-refractivity contribution in [2.75, 3.05) is 26.9 Å². The summed E-state index contributed by atoms with van der Waals surface area (Å²) in [5.74, 6) is 1.46. The van der Waals surface area contributed by atoms with Gasteiger partial charge in [-0.25, -0.2) is 0 Å². The molecule has 0 radical (unpaired) electrons. The fourth-order valence-electron chi connectivity index (χ4n) is 1.70. The average Bonchev–Trinajstić information content (AvgIpc) is 2.31. The number of rotatable bonds is 3. The fraction of sp³-hybridized carbons (Fsp3) is 0.455. The lowest BCUT2D eigenvalue weighted by Crippen LogP contribution is -2.21. The maximum absolute atomic E-state index is 9.22. The maximum Gasteiger partial charge on any atom is 0.175 e. The zero-order valence-electron chi connectivity index (χ0n) is 9.00. The second-order valence-corrected chi connectivity index (χ2v) is 4.41. The van der Waals surface area contributed by atoms with E-state index < -0.39 is 0 Å². The Morgan fingerprint density at radius 1 is 1.44 bits per heavy atom. The Morgan fingerprint density at radius 3 is 2.88 bits per heavy atom. The van der Waals surface area contributed by atoms with Crippen LogP contribution in [0.4, 0.5) is 0 Å². The number of likely N-dealkylation sites (N-methyl/N-ethyl adjacent to an activating group) is 1. The molecule has 1 aromatic carbocycles. The molecular formula is C11H14BrNO3. The highest BCUT2D eigenvalue weighted by molar-refractivity contribution is 9.10. The van der Waals surface area contributed by atoms with Crippen LogP contribution in [0.25, 0.3) is 0 Å². The Morgan fingerprint density at radius 2 is 2.19 bits per heavy atom.